The molecule has 0 atom stereocenters. The number of rotatable bonds is 2. The fourth-order valence-electron chi connectivity index (χ4n) is 2.00. The van der Waals surface area contributed by atoms with E-state index in [1.807, 2.05) is 31.2 Å². The van der Waals surface area contributed by atoms with Crippen LogP contribution in [0, 0.1) is 6.92 Å². The molecule has 4 nitrogen and oxygen atoms in total. The Balaban J connectivity index is 2.29. The van der Waals surface area contributed by atoms with E-state index in [4.69, 9.17) is 0 Å². The normalized spacial score (nSPS) is 11.4. The van der Waals surface area contributed by atoms with Crippen LogP contribution in [0.15, 0.2) is 30.3 Å². The van der Waals surface area contributed by atoms with Gasteiger partial charge in [0.15, 0.2) is 5.82 Å². The van der Waals surface area contributed by atoms with E-state index in [1.54, 1.807) is 6.07 Å². The molecule has 0 aliphatic heterocycles. The molecule has 0 saturated heterocycles. The number of carbonyl (C=O) groups is 1. The Labute approximate surface area is 113 Å². The second-order valence-corrected chi connectivity index (χ2v) is 5.69. The second-order valence-electron chi connectivity index (χ2n) is 5.69. The summed E-state index contributed by atoms with van der Waals surface area (Å²) in [6.45, 7) is 8.18. The first-order chi connectivity index (χ1) is 8.88. The summed E-state index contributed by atoms with van der Waals surface area (Å²) in [6.07, 6.45) is 0. The van der Waals surface area contributed by atoms with Gasteiger partial charge in [0.05, 0.1) is 0 Å². The topological polar surface area (TPSA) is 57.8 Å². The molecule has 2 rings (SSSR count). The van der Waals surface area contributed by atoms with Crippen molar-refractivity contribution >= 4 is 11.7 Å². The molecule has 2 N–H and O–H groups in total. The van der Waals surface area contributed by atoms with Crippen molar-refractivity contribution in [2.75, 3.05) is 5.32 Å². The van der Waals surface area contributed by atoms with Gasteiger partial charge in [0.25, 0.3) is 5.91 Å². The van der Waals surface area contributed by atoms with Crippen LogP contribution in [0.5, 0.6) is 0 Å². The lowest BCUT2D eigenvalue weighted by Gasteiger charge is -2.22. The van der Waals surface area contributed by atoms with Crippen molar-refractivity contribution in [3.05, 3.63) is 47.2 Å². The summed E-state index contributed by atoms with van der Waals surface area (Å²) in [5.41, 5.74) is 2.56. The molecular weight excluding hydrogens is 238 g/mol. The third kappa shape index (κ3) is 3.02. The van der Waals surface area contributed by atoms with Gasteiger partial charge < -0.3 is 5.32 Å². The molecule has 19 heavy (non-hydrogen) atoms. The second kappa shape index (κ2) is 4.88. The van der Waals surface area contributed by atoms with Gasteiger partial charge in [0.1, 0.15) is 0 Å². The maximum absolute atomic E-state index is 12.3. The summed E-state index contributed by atoms with van der Waals surface area (Å²) >= 11 is 0. The van der Waals surface area contributed by atoms with Gasteiger partial charge in [-0.25, -0.2) is 0 Å². The van der Waals surface area contributed by atoms with Gasteiger partial charge in [0, 0.05) is 17.3 Å². The van der Waals surface area contributed by atoms with Crippen molar-refractivity contribution < 1.29 is 4.79 Å². The van der Waals surface area contributed by atoms with Crippen molar-refractivity contribution in [3.8, 4) is 0 Å². The van der Waals surface area contributed by atoms with Crippen molar-refractivity contribution in [2.24, 2.45) is 0 Å². The summed E-state index contributed by atoms with van der Waals surface area (Å²) in [7, 11) is 0. The van der Waals surface area contributed by atoms with Crippen LogP contribution in [-0.4, -0.2) is 16.1 Å². The van der Waals surface area contributed by atoms with Gasteiger partial charge in [-0.1, -0.05) is 39.0 Å². The van der Waals surface area contributed by atoms with Crippen LogP contribution in [0.3, 0.4) is 0 Å². The number of aryl methyl sites for hydroxylation is 1. The fourth-order valence-corrected chi connectivity index (χ4v) is 2.00. The Hall–Kier alpha value is -2.10. The monoisotopic (exact) mass is 257 g/mol. The van der Waals surface area contributed by atoms with E-state index in [0.717, 1.165) is 11.3 Å². The van der Waals surface area contributed by atoms with E-state index in [-0.39, 0.29) is 11.3 Å². The Morgan fingerprint density at radius 1 is 1.26 bits per heavy atom. The molecule has 0 spiro atoms. The molecule has 1 aromatic carbocycles. The highest BCUT2D eigenvalue weighted by molar-refractivity contribution is 6.05. The van der Waals surface area contributed by atoms with Gasteiger partial charge in [-0.2, -0.15) is 5.10 Å². The molecule has 0 unspecified atom stereocenters. The molecule has 0 aliphatic rings. The van der Waals surface area contributed by atoms with Gasteiger partial charge in [-0.15, -0.1) is 0 Å². The van der Waals surface area contributed by atoms with Crippen LogP contribution >= 0.6 is 0 Å². The van der Waals surface area contributed by atoms with E-state index < -0.39 is 0 Å². The maximum atomic E-state index is 12.3. The number of aromatic amines is 1. The number of anilines is 1. The van der Waals surface area contributed by atoms with Crippen LogP contribution in [0.4, 0.5) is 5.82 Å². The number of benzene rings is 1. The summed E-state index contributed by atoms with van der Waals surface area (Å²) in [6, 6.07) is 9.47. The van der Waals surface area contributed by atoms with Crippen LogP contribution in [0.25, 0.3) is 0 Å². The molecule has 4 heteroatoms. The summed E-state index contributed by atoms with van der Waals surface area (Å²) in [5, 5.41) is 9.63. The highest BCUT2D eigenvalue weighted by atomic mass is 16.1. The van der Waals surface area contributed by atoms with E-state index in [1.165, 1.54) is 0 Å². The highest BCUT2D eigenvalue weighted by Gasteiger charge is 2.21. The van der Waals surface area contributed by atoms with Crippen molar-refractivity contribution in [1.29, 1.82) is 0 Å². The summed E-state index contributed by atoms with van der Waals surface area (Å²) in [5.74, 6) is 0.420. The first-order valence-corrected chi connectivity index (χ1v) is 6.31. The number of hydrogen-bond donors (Lipinski definition) is 2. The van der Waals surface area contributed by atoms with E-state index in [2.05, 4.69) is 36.3 Å². The lowest BCUT2D eigenvalue weighted by Crippen LogP contribution is -2.21. The first-order valence-electron chi connectivity index (χ1n) is 6.31. The summed E-state index contributed by atoms with van der Waals surface area (Å²) < 4.78 is 0. The Bertz CT molecular complexity index is 593. The van der Waals surface area contributed by atoms with E-state index in [9.17, 15) is 4.79 Å². The summed E-state index contributed by atoms with van der Waals surface area (Å²) in [4.78, 5) is 12.3. The molecule has 2 aromatic rings. The highest BCUT2D eigenvalue weighted by Crippen LogP contribution is 2.26. The molecule has 0 aliphatic carbocycles. The molecule has 1 aromatic heterocycles. The quantitative estimate of drug-likeness (QED) is 0.867. The van der Waals surface area contributed by atoms with E-state index in [0.29, 0.717) is 11.4 Å². The molecule has 0 saturated carbocycles. The largest absolute Gasteiger partial charge is 0.305 e. The van der Waals surface area contributed by atoms with Crippen molar-refractivity contribution in [3.63, 3.8) is 0 Å². The Kier molecular flexibility index (Phi) is 3.42. The minimum absolute atomic E-state index is 0.0740. The maximum Gasteiger partial charge on any atom is 0.257 e. The van der Waals surface area contributed by atoms with Crippen LogP contribution in [-0.2, 0) is 5.41 Å². The minimum Gasteiger partial charge on any atom is -0.305 e. The lowest BCUT2D eigenvalue weighted by molar-refractivity contribution is 0.102. The predicted octanol–water partition coefficient (Wildman–Crippen LogP) is 3.27. The lowest BCUT2D eigenvalue weighted by atomic mass is 9.83. The van der Waals surface area contributed by atoms with Crippen LogP contribution in [0.1, 0.15) is 42.4 Å². The molecule has 0 fully saturated rings. The number of carbonyl (C=O) groups excluding carboxylic acids is 1. The molecule has 100 valence electrons. The van der Waals surface area contributed by atoms with Crippen molar-refractivity contribution in [1.82, 2.24) is 10.2 Å². The molecule has 1 amide bonds. The number of nitrogens with zero attached hydrogens (tertiary/aromatic N) is 1. The smallest absolute Gasteiger partial charge is 0.257 e. The van der Waals surface area contributed by atoms with Gasteiger partial charge in [-0.05, 0) is 24.0 Å². The molecule has 0 bridgehead atoms. The average molecular weight is 257 g/mol. The van der Waals surface area contributed by atoms with E-state index >= 15 is 0 Å². The predicted molar refractivity (Wildman–Crippen MR) is 76.4 cm³/mol. The van der Waals surface area contributed by atoms with Gasteiger partial charge >= 0.3 is 0 Å². The number of amides is 1. The SMILES string of the molecule is Cc1cc(NC(=O)c2ccccc2C(C)(C)C)n[nH]1. The third-order valence-electron chi connectivity index (χ3n) is 2.93. The van der Waals surface area contributed by atoms with Crippen LogP contribution < -0.4 is 5.32 Å². The van der Waals surface area contributed by atoms with Gasteiger partial charge in [0.2, 0.25) is 0 Å². The number of hydrogen-bond acceptors (Lipinski definition) is 2. The fraction of sp³-hybridized carbons (Fsp3) is 0.333. The zero-order valence-electron chi connectivity index (χ0n) is 11.7. The number of aromatic nitrogens is 2. The number of nitrogens with one attached hydrogen (secondary N) is 2. The third-order valence-corrected chi connectivity index (χ3v) is 2.93. The molecule has 0 radical (unpaired) electrons. The Morgan fingerprint density at radius 3 is 2.53 bits per heavy atom. The molecule has 1 heterocycles. The number of H-pyrrole nitrogens is 1. The first kappa shape index (κ1) is 13.3. The average Bonchev–Trinajstić information content (AvgIpc) is 2.73. The zero-order valence-corrected chi connectivity index (χ0v) is 11.7. The van der Waals surface area contributed by atoms with Gasteiger partial charge in [-0.3, -0.25) is 9.89 Å². The zero-order chi connectivity index (χ0) is 14.0. The van der Waals surface area contributed by atoms with Crippen LogP contribution in [0.2, 0.25) is 0 Å². The Morgan fingerprint density at radius 2 is 1.95 bits per heavy atom. The molecular formula is C15H19N3O. The van der Waals surface area contributed by atoms with Crippen molar-refractivity contribution in [2.45, 2.75) is 33.1 Å². The standard InChI is InChI=1S/C15H19N3O/c1-10-9-13(18-17-10)16-14(19)11-7-5-6-8-12(11)15(2,3)4/h5-9H,1-4H3,(H2,16,17,18,19). The minimum atomic E-state index is -0.128.